The molecule has 0 amide bonds. The van der Waals surface area contributed by atoms with Crippen molar-refractivity contribution in [1.82, 2.24) is 4.90 Å². The minimum Gasteiger partial charge on any atom is -0.493 e. The molecule has 7 heteroatoms. The van der Waals surface area contributed by atoms with E-state index in [0.29, 0.717) is 37.8 Å². The molecular formula is C18H27NO6. The Morgan fingerprint density at radius 1 is 0.960 bits per heavy atom. The normalized spacial score (nSPS) is 10.4. The summed E-state index contributed by atoms with van der Waals surface area (Å²) in [4.78, 5) is 25.3. The maximum absolute atomic E-state index is 11.8. The minimum atomic E-state index is -0.327. The van der Waals surface area contributed by atoms with E-state index in [1.54, 1.807) is 28.1 Å². The molecule has 25 heavy (non-hydrogen) atoms. The first-order chi connectivity index (χ1) is 12.0. The number of rotatable bonds is 11. The van der Waals surface area contributed by atoms with Gasteiger partial charge in [0.05, 0.1) is 40.4 Å². The van der Waals surface area contributed by atoms with Crippen molar-refractivity contribution in [3.05, 3.63) is 23.8 Å². The maximum atomic E-state index is 11.8. The van der Waals surface area contributed by atoms with Crippen LogP contribution in [-0.2, 0) is 25.6 Å². The summed E-state index contributed by atoms with van der Waals surface area (Å²) in [5, 5.41) is 0. The van der Waals surface area contributed by atoms with Crippen LogP contribution in [-0.4, -0.2) is 57.4 Å². The van der Waals surface area contributed by atoms with Gasteiger partial charge in [-0.15, -0.1) is 0 Å². The van der Waals surface area contributed by atoms with Crippen molar-refractivity contribution in [1.29, 1.82) is 0 Å². The summed E-state index contributed by atoms with van der Waals surface area (Å²) in [6.07, 6.45) is 0.209. The second-order valence-corrected chi connectivity index (χ2v) is 5.26. The molecule has 0 spiro atoms. The number of hydrogen-bond donors (Lipinski definition) is 0. The third-order valence-corrected chi connectivity index (χ3v) is 3.45. The smallest absolute Gasteiger partial charge is 0.320 e. The first-order valence-corrected chi connectivity index (χ1v) is 8.28. The van der Waals surface area contributed by atoms with Gasteiger partial charge in [-0.3, -0.25) is 14.5 Å². The summed E-state index contributed by atoms with van der Waals surface area (Å²) in [7, 11) is 3.14. The van der Waals surface area contributed by atoms with Gasteiger partial charge in [-0.05, 0) is 31.5 Å². The monoisotopic (exact) mass is 353 g/mol. The van der Waals surface area contributed by atoms with Gasteiger partial charge in [-0.2, -0.15) is 0 Å². The number of esters is 2. The number of carbonyl (C=O) groups is 2. The lowest BCUT2D eigenvalue weighted by Gasteiger charge is -2.21. The van der Waals surface area contributed by atoms with E-state index >= 15 is 0 Å². The Morgan fingerprint density at radius 3 is 2.20 bits per heavy atom. The molecule has 1 aromatic rings. The predicted octanol–water partition coefficient (Wildman–Crippen LogP) is 2.02. The van der Waals surface area contributed by atoms with Crippen LogP contribution < -0.4 is 9.47 Å². The third-order valence-electron chi connectivity index (χ3n) is 3.45. The Hall–Kier alpha value is -2.28. The molecule has 140 valence electrons. The SMILES string of the molecule is CCOC(=O)CCN(CC(=O)OCC)Cc1ccc(OC)c(OC)c1. The Balaban J connectivity index is 2.80. The molecule has 1 aromatic carbocycles. The largest absolute Gasteiger partial charge is 0.493 e. The molecule has 0 fully saturated rings. The molecule has 0 saturated heterocycles. The standard InChI is InChI=1S/C18H27NO6/c1-5-24-17(20)9-10-19(13-18(21)25-6-2)12-14-7-8-15(22-3)16(11-14)23-4/h7-8,11H,5-6,9-10,12-13H2,1-4H3. The second kappa shape index (κ2) is 11.3. The topological polar surface area (TPSA) is 74.3 Å². The van der Waals surface area contributed by atoms with Gasteiger partial charge >= 0.3 is 11.9 Å². The van der Waals surface area contributed by atoms with Gasteiger partial charge in [-0.1, -0.05) is 6.07 Å². The summed E-state index contributed by atoms with van der Waals surface area (Å²) in [6, 6.07) is 5.55. The minimum absolute atomic E-state index is 0.0988. The van der Waals surface area contributed by atoms with Crippen LogP contribution in [0.25, 0.3) is 0 Å². The molecule has 0 aliphatic heterocycles. The van der Waals surface area contributed by atoms with Crippen molar-refractivity contribution >= 4 is 11.9 Å². The lowest BCUT2D eigenvalue weighted by Crippen LogP contribution is -2.32. The molecule has 0 N–H and O–H groups in total. The summed E-state index contributed by atoms with van der Waals surface area (Å²) < 4.78 is 20.5. The van der Waals surface area contributed by atoms with Gasteiger partial charge < -0.3 is 18.9 Å². The Morgan fingerprint density at radius 2 is 1.60 bits per heavy atom. The second-order valence-electron chi connectivity index (χ2n) is 5.26. The van der Waals surface area contributed by atoms with Crippen molar-refractivity contribution in [2.75, 3.05) is 40.5 Å². The molecule has 0 unspecified atom stereocenters. The average molecular weight is 353 g/mol. The molecule has 0 aliphatic rings. The van der Waals surface area contributed by atoms with Crippen molar-refractivity contribution in [2.45, 2.75) is 26.8 Å². The maximum Gasteiger partial charge on any atom is 0.320 e. The van der Waals surface area contributed by atoms with Crippen molar-refractivity contribution in [2.24, 2.45) is 0 Å². The Labute approximate surface area is 148 Å². The molecule has 7 nitrogen and oxygen atoms in total. The number of nitrogens with zero attached hydrogens (tertiary/aromatic N) is 1. The fourth-order valence-electron chi connectivity index (χ4n) is 2.32. The van der Waals surface area contributed by atoms with Crippen LogP contribution in [0.3, 0.4) is 0 Å². The van der Waals surface area contributed by atoms with Crippen molar-refractivity contribution in [3.8, 4) is 11.5 Å². The first kappa shape index (κ1) is 20.8. The van der Waals surface area contributed by atoms with E-state index in [4.69, 9.17) is 18.9 Å². The van der Waals surface area contributed by atoms with Gasteiger partial charge in [0, 0.05) is 13.1 Å². The van der Waals surface area contributed by atoms with Crippen LogP contribution >= 0.6 is 0 Å². The summed E-state index contributed by atoms with van der Waals surface area (Å²) in [5.41, 5.74) is 0.936. The first-order valence-electron chi connectivity index (χ1n) is 8.28. The van der Waals surface area contributed by atoms with Gasteiger partial charge in [0.1, 0.15) is 0 Å². The van der Waals surface area contributed by atoms with Gasteiger partial charge in [-0.25, -0.2) is 0 Å². The van der Waals surface area contributed by atoms with Gasteiger partial charge in [0.2, 0.25) is 0 Å². The highest BCUT2D eigenvalue weighted by Crippen LogP contribution is 2.28. The zero-order valence-corrected chi connectivity index (χ0v) is 15.4. The molecule has 1 rings (SSSR count). The van der Waals surface area contributed by atoms with E-state index in [-0.39, 0.29) is 24.9 Å². The number of carbonyl (C=O) groups excluding carboxylic acids is 2. The molecule has 0 bridgehead atoms. The fraction of sp³-hybridized carbons (Fsp3) is 0.556. The van der Waals surface area contributed by atoms with Crippen LogP contribution in [0.2, 0.25) is 0 Å². The molecule has 0 saturated carbocycles. The zero-order valence-electron chi connectivity index (χ0n) is 15.4. The zero-order chi connectivity index (χ0) is 18.7. The van der Waals surface area contributed by atoms with E-state index in [0.717, 1.165) is 5.56 Å². The summed E-state index contributed by atoms with van der Waals surface area (Å²) >= 11 is 0. The number of ether oxygens (including phenoxy) is 4. The quantitative estimate of drug-likeness (QED) is 0.564. The van der Waals surface area contributed by atoms with E-state index < -0.39 is 0 Å². The van der Waals surface area contributed by atoms with Crippen LogP contribution in [0.5, 0.6) is 11.5 Å². The molecule has 0 heterocycles. The number of methoxy groups -OCH3 is 2. The van der Waals surface area contributed by atoms with Gasteiger partial charge in [0.25, 0.3) is 0 Å². The van der Waals surface area contributed by atoms with E-state index in [2.05, 4.69) is 0 Å². The average Bonchev–Trinajstić information content (AvgIpc) is 2.60. The summed E-state index contributed by atoms with van der Waals surface area (Å²) in [6.45, 7) is 5.15. The lowest BCUT2D eigenvalue weighted by molar-refractivity contribution is -0.147. The van der Waals surface area contributed by atoms with Crippen LogP contribution in [0.4, 0.5) is 0 Å². The molecule has 0 aromatic heterocycles. The van der Waals surface area contributed by atoms with Crippen molar-refractivity contribution < 1.29 is 28.5 Å². The molecule has 0 aliphatic carbocycles. The van der Waals surface area contributed by atoms with E-state index in [1.165, 1.54) is 0 Å². The number of benzene rings is 1. The fourth-order valence-corrected chi connectivity index (χ4v) is 2.32. The molecule has 0 atom stereocenters. The molecular weight excluding hydrogens is 326 g/mol. The van der Waals surface area contributed by atoms with E-state index in [9.17, 15) is 9.59 Å². The van der Waals surface area contributed by atoms with Crippen LogP contribution in [0, 0.1) is 0 Å². The van der Waals surface area contributed by atoms with Crippen molar-refractivity contribution in [3.63, 3.8) is 0 Å². The summed E-state index contributed by atoms with van der Waals surface area (Å²) in [5.74, 6) is 0.631. The lowest BCUT2D eigenvalue weighted by atomic mass is 10.2. The number of hydrogen-bond acceptors (Lipinski definition) is 7. The predicted molar refractivity (Wildman–Crippen MR) is 92.7 cm³/mol. The third kappa shape index (κ3) is 7.43. The van der Waals surface area contributed by atoms with E-state index in [1.807, 2.05) is 23.1 Å². The van der Waals surface area contributed by atoms with Gasteiger partial charge in [0.15, 0.2) is 11.5 Å². The Bertz CT molecular complexity index is 560. The highest BCUT2D eigenvalue weighted by molar-refractivity contribution is 5.72. The highest BCUT2D eigenvalue weighted by atomic mass is 16.5. The van der Waals surface area contributed by atoms with Crippen LogP contribution in [0.1, 0.15) is 25.8 Å². The molecule has 0 radical (unpaired) electrons. The Kier molecular flexibility index (Phi) is 9.39. The highest BCUT2D eigenvalue weighted by Gasteiger charge is 2.15. The van der Waals surface area contributed by atoms with Crippen LogP contribution in [0.15, 0.2) is 18.2 Å².